The third-order valence-corrected chi connectivity index (χ3v) is 5.37. The molecular formula is C23H33N7S. The Labute approximate surface area is 190 Å². The van der Waals surface area contributed by atoms with Crippen molar-refractivity contribution in [3.05, 3.63) is 66.7 Å². The van der Waals surface area contributed by atoms with Gasteiger partial charge in [-0.2, -0.15) is 5.10 Å². The van der Waals surface area contributed by atoms with Crippen LogP contribution in [0.25, 0.3) is 6.08 Å². The Morgan fingerprint density at radius 1 is 1.13 bits per heavy atom. The van der Waals surface area contributed by atoms with Gasteiger partial charge >= 0.3 is 0 Å². The highest BCUT2D eigenvalue weighted by Gasteiger charge is 2.18. The minimum atomic E-state index is 0.626. The highest BCUT2D eigenvalue weighted by atomic mass is 32.2. The van der Waals surface area contributed by atoms with Crippen LogP contribution in [0.15, 0.2) is 55.2 Å². The second kappa shape index (κ2) is 12.8. The largest absolute Gasteiger partial charge is 0.354 e. The van der Waals surface area contributed by atoms with Crippen LogP contribution < -0.4 is 10.2 Å². The Kier molecular flexibility index (Phi) is 10.1. The number of allylic oxidation sites excluding steroid dienone is 5. The number of anilines is 3. The number of hydrogen-bond acceptors (Lipinski definition) is 7. The lowest BCUT2D eigenvalue weighted by molar-refractivity contribution is 0.429. The summed E-state index contributed by atoms with van der Waals surface area (Å²) in [6.45, 7) is 17.4. The van der Waals surface area contributed by atoms with Gasteiger partial charge in [0.1, 0.15) is 11.6 Å². The SMILES string of the molecule is C=C/C=C(C=C)/C=C/c1nc(Nc2cc(C)[nH]n2)cc(N2CCN(SC)CC2)n1.CC. The minimum absolute atomic E-state index is 0.626. The fourth-order valence-corrected chi connectivity index (χ4v) is 3.49. The molecule has 31 heavy (non-hydrogen) atoms. The first-order chi connectivity index (χ1) is 15.1. The van der Waals surface area contributed by atoms with Crippen LogP contribution >= 0.6 is 11.9 Å². The molecule has 2 aromatic heterocycles. The van der Waals surface area contributed by atoms with Crippen LogP contribution in [0.5, 0.6) is 0 Å². The van der Waals surface area contributed by atoms with E-state index in [4.69, 9.17) is 4.98 Å². The van der Waals surface area contributed by atoms with E-state index >= 15 is 0 Å². The van der Waals surface area contributed by atoms with Crippen molar-refractivity contribution in [3.8, 4) is 0 Å². The highest BCUT2D eigenvalue weighted by molar-refractivity contribution is 7.96. The van der Waals surface area contributed by atoms with Gasteiger partial charge in [-0.25, -0.2) is 14.3 Å². The van der Waals surface area contributed by atoms with E-state index in [1.54, 1.807) is 24.1 Å². The number of hydrogen-bond donors (Lipinski definition) is 2. The molecule has 1 aliphatic heterocycles. The lowest BCUT2D eigenvalue weighted by atomic mass is 10.2. The molecule has 1 fully saturated rings. The zero-order chi connectivity index (χ0) is 22.6. The number of nitrogens with one attached hydrogen (secondary N) is 2. The number of aryl methyl sites for hydroxylation is 1. The van der Waals surface area contributed by atoms with Crippen LogP contribution in [0.4, 0.5) is 17.5 Å². The van der Waals surface area contributed by atoms with Crippen molar-refractivity contribution < 1.29 is 0 Å². The molecule has 3 rings (SSSR count). The average Bonchev–Trinajstić information content (AvgIpc) is 3.22. The molecular weight excluding hydrogens is 406 g/mol. The topological polar surface area (TPSA) is 73.0 Å². The third kappa shape index (κ3) is 7.41. The number of rotatable bonds is 8. The molecule has 8 heteroatoms. The smallest absolute Gasteiger partial charge is 0.156 e. The van der Waals surface area contributed by atoms with Gasteiger partial charge in [0.2, 0.25) is 0 Å². The molecule has 1 saturated heterocycles. The van der Waals surface area contributed by atoms with Gasteiger partial charge in [-0.3, -0.25) is 5.10 Å². The number of aromatic nitrogens is 4. The van der Waals surface area contributed by atoms with Crippen LogP contribution in [-0.2, 0) is 0 Å². The lowest BCUT2D eigenvalue weighted by Gasteiger charge is -2.34. The van der Waals surface area contributed by atoms with Crippen molar-refractivity contribution in [2.45, 2.75) is 20.8 Å². The van der Waals surface area contributed by atoms with E-state index in [2.05, 4.69) is 49.1 Å². The molecule has 0 saturated carbocycles. The zero-order valence-electron chi connectivity index (χ0n) is 18.9. The van der Waals surface area contributed by atoms with Crippen molar-refractivity contribution in [2.75, 3.05) is 42.7 Å². The van der Waals surface area contributed by atoms with Crippen molar-refractivity contribution in [3.63, 3.8) is 0 Å². The molecule has 1 aliphatic rings. The van der Waals surface area contributed by atoms with Crippen molar-refractivity contribution >= 4 is 35.5 Å². The molecule has 0 amide bonds. The summed E-state index contributed by atoms with van der Waals surface area (Å²) < 4.78 is 2.36. The van der Waals surface area contributed by atoms with Gasteiger partial charge < -0.3 is 10.2 Å². The maximum atomic E-state index is 4.77. The van der Waals surface area contributed by atoms with Gasteiger partial charge in [-0.05, 0) is 24.8 Å². The Bertz CT molecular complexity index is 908. The summed E-state index contributed by atoms with van der Waals surface area (Å²) in [6.07, 6.45) is 11.3. The van der Waals surface area contributed by atoms with Crippen molar-refractivity contribution in [1.29, 1.82) is 0 Å². The van der Waals surface area contributed by atoms with Crippen molar-refractivity contribution in [2.24, 2.45) is 0 Å². The maximum Gasteiger partial charge on any atom is 0.156 e. The van der Waals surface area contributed by atoms with Gasteiger partial charge in [-0.1, -0.05) is 63.3 Å². The van der Waals surface area contributed by atoms with Crippen molar-refractivity contribution in [1.82, 2.24) is 24.5 Å². The molecule has 3 heterocycles. The standard InChI is InChI=1S/C21H27N7S.C2H6/c1-5-7-17(6-2)8-9-18-22-19(23-20-14-16(3)25-26-20)15-21(24-18)27-10-12-28(29-4)13-11-27;1-2/h5-9,14-15H,1-2,10-13H2,3-4H3,(H2,22,23,24,25,26);1-2H3/b9-8+,17-7+;. The molecule has 0 spiro atoms. The van der Waals surface area contributed by atoms with E-state index in [0.717, 1.165) is 49.1 Å². The van der Waals surface area contributed by atoms with E-state index in [-0.39, 0.29) is 0 Å². The van der Waals surface area contributed by atoms with E-state index in [1.807, 2.05) is 51.1 Å². The fourth-order valence-electron chi connectivity index (χ4n) is 2.96. The predicted octanol–water partition coefficient (Wildman–Crippen LogP) is 4.99. The Morgan fingerprint density at radius 3 is 2.45 bits per heavy atom. The van der Waals surface area contributed by atoms with Crippen LogP contribution in [0.3, 0.4) is 0 Å². The average molecular weight is 440 g/mol. The fraction of sp³-hybridized carbons (Fsp3) is 0.348. The van der Waals surface area contributed by atoms with Crippen LogP contribution in [0, 0.1) is 6.92 Å². The molecule has 0 atom stereocenters. The molecule has 0 aromatic carbocycles. The summed E-state index contributed by atoms with van der Waals surface area (Å²) in [7, 11) is 0. The first kappa shape index (κ1) is 24.4. The number of nitrogens with zero attached hydrogens (tertiary/aromatic N) is 5. The van der Waals surface area contributed by atoms with E-state index in [1.165, 1.54) is 0 Å². The minimum Gasteiger partial charge on any atom is -0.354 e. The van der Waals surface area contributed by atoms with Gasteiger partial charge in [0.25, 0.3) is 0 Å². The van der Waals surface area contributed by atoms with Crippen LogP contribution in [-0.4, -0.2) is 56.9 Å². The first-order valence-electron chi connectivity index (χ1n) is 10.5. The molecule has 166 valence electrons. The quantitative estimate of drug-likeness (QED) is 0.443. The molecule has 2 N–H and O–H groups in total. The van der Waals surface area contributed by atoms with E-state index in [9.17, 15) is 0 Å². The summed E-state index contributed by atoms with van der Waals surface area (Å²) in [5, 5.41) is 10.5. The molecule has 7 nitrogen and oxygen atoms in total. The molecule has 0 bridgehead atoms. The number of H-pyrrole nitrogens is 1. The Hall–Kier alpha value is -2.84. The second-order valence-electron chi connectivity index (χ2n) is 6.57. The number of aromatic amines is 1. The maximum absolute atomic E-state index is 4.77. The Morgan fingerprint density at radius 2 is 1.87 bits per heavy atom. The molecule has 0 aliphatic carbocycles. The van der Waals surface area contributed by atoms with E-state index < -0.39 is 0 Å². The summed E-state index contributed by atoms with van der Waals surface area (Å²) >= 11 is 1.79. The lowest BCUT2D eigenvalue weighted by Crippen LogP contribution is -2.43. The van der Waals surface area contributed by atoms with Crippen LogP contribution in [0.2, 0.25) is 0 Å². The second-order valence-corrected chi connectivity index (χ2v) is 7.45. The summed E-state index contributed by atoms with van der Waals surface area (Å²) in [5.41, 5.74) is 1.93. The summed E-state index contributed by atoms with van der Waals surface area (Å²) in [6, 6.07) is 3.92. The molecule has 2 aromatic rings. The van der Waals surface area contributed by atoms with E-state index in [0.29, 0.717) is 11.6 Å². The zero-order valence-corrected chi connectivity index (χ0v) is 19.7. The monoisotopic (exact) mass is 439 g/mol. The summed E-state index contributed by atoms with van der Waals surface area (Å²) in [4.78, 5) is 11.7. The summed E-state index contributed by atoms with van der Waals surface area (Å²) in [5.74, 6) is 2.97. The third-order valence-electron chi connectivity index (χ3n) is 4.48. The predicted molar refractivity (Wildman–Crippen MR) is 135 cm³/mol. The highest BCUT2D eigenvalue weighted by Crippen LogP contribution is 2.22. The normalized spacial score (nSPS) is 14.8. The van der Waals surface area contributed by atoms with Gasteiger partial charge in [0.15, 0.2) is 11.6 Å². The Balaban J connectivity index is 0.00000166. The number of piperazine rings is 1. The van der Waals surface area contributed by atoms with Gasteiger partial charge in [0.05, 0.1) is 0 Å². The van der Waals surface area contributed by atoms with Gasteiger partial charge in [0, 0.05) is 44.0 Å². The molecule has 0 radical (unpaired) electrons. The first-order valence-corrected chi connectivity index (χ1v) is 11.6. The molecule has 0 unspecified atom stereocenters. The van der Waals surface area contributed by atoms with Crippen LogP contribution in [0.1, 0.15) is 25.4 Å². The van der Waals surface area contributed by atoms with Gasteiger partial charge in [-0.15, -0.1) is 0 Å².